The Morgan fingerprint density at radius 3 is 2.08 bits per heavy atom. The van der Waals surface area contributed by atoms with Crippen molar-refractivity contribution < 1.29 is 5.11 Å². The lowest BCUT2D eigenvalue weighted by Crippen LogP contribution is -2.36. The second kappa shape index (κ2) is 8.52. The zero-order chi connectivity index (χ0) is 10.1. The predicted octanol–water partition coefficient (Wildman–Crippen LogP) is 2.62. The number of unbranched alkanes of at least 4 members (excludes halogenated alkanes) is 2. The van der Waals surface area contributed by atoms with E-state index in [2.05, 4.69) is 25.7 Å². The average Bonchev–Trinajstić information content (AvgIpc) is 2.17. The van der Waals surface area contributed by atoms with Gasteiger partial charge in [0.15, 0.2) is 0 Å². The van der Waals surface area contributed by atoms with Crippen molar-refractivity contribution in [2.45, 2.75) is 58.9 Å². The molecule has 0 fully saturated rings. The second-order valence-corrected chi connectivity index (χ2v) is 3.63. The van der Waals surface area contributed by atoms with Gasteiger partial charge in [-0.3, -0.25) is 4.90 Å². The largest absolute Gasteiger partial charge is 0.381 e. The van der Waals surface area contributed by atoms with E-state index < -0.39 is 0 Å². The van der Waals surface area contributed by atoms with E-state index in [0.29, 0.717) is 6.04 Å². The maximum Gasteiger partial charge on any atom is 0.0958 e. The Morgan fingerprint density at radius 2 is 1.69 bits per heavy atom. The summed E-state index contributed by atoms with van der Waals surface area (Å²) in [4.78, 5) is 2.19. The minimum atomic E-state index is 0.218. The van der Waals surface area contributed by atoms with Crippen molar-refractivity contribution in [3.63, 3.8) is 0 Å². The van der Waals surface area contributed by atoms with Crippen LogP contribution in [0.2, 0.25) is 0 Å². The summed E-state index contributed by atoms with van der Waals surface area (Å²) in [6.07, 6.45) is 6.03. The first-order chi connectivity index (χ1) is 6.29. The van der Waals surface area contributed by atoms with Gasteiger partial charge in [0, 0.05) is 12.6 Å². The van der Waals surface area contributed by atoms with Gasteiger partial charge in [0.05, 0.1) is 6.73 Å². The maximum atomic E-state index is 9.18. The van der Waals surface area contributed by atoms with E-state index in [9.17, 15) is 5.11 Å². The van der Waals surface area contributed by atoms with Crippen molar-refractivity contribution in [1.82, 2.24) is 4.90 Å². The monoisotopic (exact) mass is 187 g/mol. The van der Waals surface area contributed by atoms with Gasteiger partial charge < -0.3 is 5.11 Å². The molecule has 0 aliphatic carbocycles. The molecule has 0 rings (SSSR count). The fourth-order valence-electron chi connectivity index (χ4n) is 1.74. The van der Waals surface area contributed by atoms with E-state index in [-0.39, 0.29) is 6.73 Å². The summed E-state index contributed by atoms with van der Waals surface area (Å²) in [5, 5.41) is 9.18. The lowest BCUT2D eigenvalue weighted by atomic mass is 10.1. The topological polar surface area (TPSA) is 23.5 Å². The third kappa shape index (κ3) is 5.27. The molecule has 0 aromatic rings. The summed E-state index contributed by atoms with van der Waals surface area (Å²) in [7, 11) is 0. The summed E-state index contributed by atoms with van der Waals surface area (Å²) in [6, 6.07) is 0.571. The Labute approximate surface area is 82.9 Å². The van der Waals surface area contributed by atoms with Crippen LogP contribution in [0.25, 0.3) is 0 Å². The molecule has 0 bridgehead atoms. The molecule has 0 saturated carbocycles. The van der Waals surface area contributed by atoms with Gasteiger partial charge in [-0.1, -0.05) is 33.6 Å². The molecule has 80 valence electrons. The smallest absolute Gasteiger partial charge is 0.0958 e. The Morgan fingerprint density at radius 1 is 1.08 bits per heavy atom. The molecular formula is C11H25NO. The quantitative estimate of drug-likeness (QED) is 0.466. The molecule has 0 unspecified atom stereocenters. The van der Waals surface area contributed by atoms with Crippen LogP contribution in [0, 0.1) is 0 Å². The van der Waals surface area contributed by atoms with Gasteiger partial charge in [0.25, 0.3) is 0 Å². The highest BCUT2D eigenvalue weighted by Gasteiger charge is 2.12. The predicted molar refractivity (Wildman–Crippen MR) is 57.7 cm³/mol. The Bertz CT molecular complexity index is 102. The van der Waals surface area contributed by atoms with Gasteiger partial charge >= 0.3 is 0 Å². The lowest BCUT2D eigenvalue weighted by Gasteiger charge is -2.28. The summed E-state index contributed by atoms with van der Waals surface area (Å²) in [5.41, 5.74) is 0. The minimum absolute atomic E-state index is 0.218. The van der Waals surface area contributed by atoms with Crippen molar-refractivity contribution in [3.8, 4) is 0 Å². The van der Waals surface area contributed by atoms with Gasteiger partial charge in [0.2, 0.25) is 0 Å². The first-order valence-corrected chi connectivity index (χ1v) is 5.64. The third-order valence-corrected chi connectivity index (χ3v) is 2.69. The van der Waals surface area contributed by atoms with Crippen LogP contribution in [-0.4, -0.2) is 29.3 Å². The fraction of sp³-hybridized carbons (Fsp3) is 1.00. The fourth-order valence-corrected chi connectivity index (χ4v) is 1.74. The van der Waals surface area contributed by atoms with Crippen LogP contribution < -0.4 is 0 Å². The summed E-state index contributed by atoms with van der Waals surface area (Å²) in [6.45, 7) is 7.86. The summed E-state index contributed by atoms with van der Waals surface area (Å²) < 4.78 is 0. The molecule has 0 radical (unpaired) electrons. The summed E-state index contributed by atoms with van der Waals surface area (Å²) in [5.74, 6) is 0. The maximum absolute atomic E-state index is 9.18. The number of nitrogens with zero attached hydrogens (tertiary/aromatic N) is 1. The molecule has 0 heterocycles. The van der Waals surface area contributed by atoms with Crippen LogP contribution in [0.5, 0.6) is 0 Å². The van der Waals surface area contributed by atoms with E-state index in [0.717, 1.165) is 19.4 Å². The van der Waals surface area contributed by atoms with Gasteiger partial charge in [-0.2, -0.15) is 0 Å². The minimum Gasteiger partial charge on any atom is -0.381 e. The molecule has 0 aromatic carbocycles. The average molecular weight is 187 g/mol. The van der Waals surface area contributed by atoms with E-state index >= 15 is 0 Å². The summed E-state index contributed by atoms with van der Waals surface area (Å²) >= 11 is 0. The Kier molecular flexibility index (Phi) is 8.46. The number of hydrogen-bond donors (Lipinski definition) is 1. The molecule has 0 amide bonds. The Balaban J connectivity index is 3.71. The van der Waals surface area contributed by atoms with Crippen LogP contribution in [0.3, 0.4) is 0 Å². The molecule has 0 saturated heterocycles. The SMILES string of the molecule is CCCCCN(CO)C(CC)CC. The second-order valence-electron chi connectivity index (χ2n) is 3.63. The van der Waals surface area contributed by atoms with E-state index in [1.807, 2.05) is 0 Å². The highest BCUT2D eigenvalue weighted by molar-refractivity contribution is 4.65. The first kappa shape index (κ1) is 12.9. The number of aliphatic hydroxyl groups is 1. The first-order valence-electron chi connectivity index (χ1n) is 5.64. The van der Waals surface area contributed by atoms with Crippen molar-refractivity contribution >= 4 is 0 Å². The van der Waals surface area contributed by atoms with Crippen LogP contribution in [-0.2, 0) is 0 Å². The third-order valence-electron chi connectivity index (χ3n) is 2.69. The highest BCUT2D eigenvalue weighted by atomic mass is 16.3. The number of hydrogen-bond acceptors (Lipinski definition) is 2. The number of rotatable bonds is 8. The highest BCUT2D eigenvalue weighted by Crippen LogP contribution is 2.09. The lowest BCUT2D eigenvalue weighted by molar-refractivity contribution is 0.0622. The molecule has 13 heavy (non-hydrogen) atoms. The van der Waals surface area contributed by atoms with Gasteiger partial charge in [0.1, 0.15) is 0 Å². The molecular weight excluding hydrogens is 162 g/mol. The molecule has 0 aliphatic heterocycles. The molecule has 0 spiro atoms. The van der Waals surface area contributed by atoms with E-state index in [1.54, 1.807) is 0 Å². The van der Waals surface area contributed by atoms with E-state index in [1.165, 1.54) is 19.3 Å². The zero-order valence-electron chi connectivity index (χ0n) is 9.42. The van der Waals surface area contributed by atoms with Crippen LogP contribution >= 0.6 is 0 Å². The van der Waals surface area contributed by atoms with Crippen molar-refractivity contribution in [2.24, 2.45) is 0 Å². The standard InChI is InChI=1S/C11H25NO/c1-4-7-8-9-12(10-13)11(5-2)6-3/h11,13H,4-10H2,1-3H3. The molecule has 2 heteroatoms. The van der Waals surface area contributed by atoms with Gasteiger partial charge in [-0.05, 0) is 19.3 Å². The molecule has 0 aromatic heterocycles. The molecule has 0 atom stereocenters. The molecule has 2 nitrogen and oxygen atoms in total. The van der Waals surface area contributed by atoms with Gasteiger partial charge in [-0.25, -0.2) is 0 Å². The van der Waals surface area contributed by atoms with Crippen LogP contribution in [0.4, 0.5) is 0 Å². The van der Waals surface area contributed by atoms with Crippen LogP contribution in [0.1, 0.15) is 52.9 Å². The zero-order valence-corrected chi connectivity index (χ0v) is 9.42. The van der Waals surface area contributed by atoms with Crippen molar-refractivity contribution in [3.05, 3.63) is 0 Å². The number of aliphatic hydroxyl groups excluding tert-OH is 1. The van der Waals surface area contributed by atoms with Gasteiger partial charge in [-0.15, -0.1) is 0 Å². The van der Waals surface area contributed by atoms with E-state index in [4.69, 9.17) is 0 Å². The molecule has 1 N–H and O–H groups in total. The van der Waals surface area contributed by atoms with Crippen molar-refractivity contribution in [2.75, 3.05) is 13.3 Å². The molecule has 0 aliphatic rings. The normalized spacial score (nSPS) is 11.5. The van der Waals surface area contributed by atoms with Crippen LogP contribution in [0.15, 0.2) is 0 Å². The van der Waals surface area contributed by atoms with Crippen molar-refractivity contribution in [1.29, 1.82) is 0 Å². The Hall–Kier alpha value is -0.0800.